The molecule has 0 aromatic heterocycles. The van der Waals surface area contributed by atoms with Gasteiger partial charge in [-0.15, -0.1) is 0 Å². The summed E-state index contributed by atoms with van der Waals surface area (Å²) in [6, 6.07) is 0. The highest BCUT2D eigenvalue weighted by Gasteiger charge is 2.61. The number of Topliss-reactive ketones (excluding diaryl/α,β-unsaturated/α-hetero) is 1. The Morgan fingerprint density at radius 2 is 1.79 bits per heavy atom. The quantitative estimate of drug-likeness (QED) is 0.700. The van der Waals surface area contributed by atoms with E-state index >= 15 is 0 Å². The number of amides is 1. The second-order valence-electron chi connectivity index (χ2n) is 10.8. The first kappa shape index (κ1) is 20.9. The van der Waals surface area contributed by atoms with E-state index in [9.17, 15) is 9.59 Å². The fraction of sp³-hybridized carbons (Fsp3) is 0.840. The Morgan fingerprint density at radius 3 is 2.45 bits per heavy atom. The highest BCUT2D eigenvalue weighted by atomic mass is 16.2. The zero-order chi connectivity index (χ0) is 21.1. The molecule has 2 saturated carbocycles. The predicted octanol–water partition coefficient (Wildman–Crippen LogP) is 4.50. The molecule has 29 heavy (non-hydrogen) atoms. The van der Waals surface area contributed by atoms with E-state index < -0.39 is 0 Å². The Kier molecular flexibility index (Phi) is 5.15. The van der Waals surface area contributed by atoms with Crippen LogP contribution in [0.15, 0.2) is 11.3 Å². The van der Waals surface area contributed by atoms with Gasteiger partial charge in [-0.1, -0.05) is 13.8 Å². The zero-order valence-electron chi connectivity index (χ0n) is 19.4. The van der Waals surface area contributed by atoms with Gasteiger partial charge in [-0.25, -0.2) is 0 Å². The molecule has 4 nitrogen and oxygen atoms in total. The molecule has 4 aliphatic rings. The Hall–Kier alpha value is -1.32. The monoisotopic (exact) mass is 400 g/mol. The molecule has 0 unspecified atom stereocenters. The van der Waals surface area contributed by atoms with Crippen LogP contribution in [0.25, 0.3) is 0 Å². The van der Waals surface area contributed by atoms with Crippen molar-refractivity contribution in [3.63, 3.8) is 0 Å². The number of allylic oxidation sites excluding steroid dienone is 2. The fourth-order valence-corrected chi connectivity index (χ4v) is 8.22. The molecule has 3 aliphatic carbocycles. The van der Waals surface area contributed by atoms with E-state index in [4.69, 9.17) is 0 Å². The summed E-state index contributed by atoms with van der Waals surface area (Å²) >= 11 is 0. The lowest BCUT2D eigenvalue weighted by molar-refractivity contribution is -0.143. The summed E-state index contributed by atoms with van der Waals surface area (Å²) in [5.74, 6) is 2.85. The molecule has 1 saturated heterocycles. The maximum Gasteiger partial charge on any atom is 0.226 e. The number of ketones is 1. The van der Waals surface area contributed by atoms with E-state index in [1.807, 2.05) is 6.92 Å². The molecule has 4 rings (SSSR count). The third kappa shape index (κ3) is 2.84. The Balaban J connectivity index is 1.66. The summed E-state index contributed by atoms with van der Waals surface area (Å²) in [5.41, 5.74) is 2.60. The van der Waals surface area contributed by atoms with Crippen LogP contribution in [0.2, 0.25) is 0 Å². The van der Waals surface area contributed by atoms with E-state index in [-0.39, 0.29) is 16.7 Å². The molecule has 0 spiro atoms. The van der Waals surface area contributed by atoms with E-state index in [0.717, 1.165) is 44.5 Å². The van der Waals surface area contributed by atoms with Crippen molar-refractivity contribution >= 4 is 11.7 Å². The van der Waals surface area contributed by atoms with Gasteiger partial charge in [0.2, 0.25) is 5.91 Å². The lowest BCUT2D eigenvalue weighted by Gasteiger charge is -2.60. The summed E-state index contributed by atoms with van der Waals surface area (Å²) in [6.45, 7) is 13.8. The van der Waals surface area contributed by atoms with Crippen LogP contribution >= 0.6 is 0 Å². The first-order valence-electron chi connectivity index (χ1n) is 11.9. The number of hydrogen-bond donors (Lipinski definition) is 0. The van der Waals surface area contributed by atoms with Crippen LogP contribution in [0.1, 0.15) is 73.1 Å². The third-order valence-corrected chi connectivity index (χ3v) is 9.68. The van der Waals surface area contributed by atoms with Crippen molar-refractivity contribution in [1.82, 2.24) is 9.80 Å². The van der Waals surface area contributed by atoms with Crippen molar-refractivity contribution in [1.29, 1.82) is 0 Å². The predicted molar refractivity (Wildman–Crippen MR) is 116 cm³/mol. The highest BCUT2D eigenvalue weighted by molar-refractivity contribution is 5.96. The molecular formula is C25H40N2O2. The number of carbonyl (C=O) groups excluding carboxylic acids is 2. The summed E-state index contributed by atoms with van der Waals surface area (Å²) in [5, 5.41) is 0. The van der Waals surface area contributed by atoms with Gasteiger partial charge in [0.05, 0.1) is 0 Å². The zero-order valence-corrected chi connectivity index (χ0v) is 19.4. The SMILES string of the molecule is CCN(CC)C(=O)[C@H]1CC[C@H]2[C@@H]3CN(C)C4=C(C)C(=O)CC[C@]4(C)[C@H]3CC[C@]12C. The van der Waals surface area contributed by atoms with Crippen LogP contribution in [0.5, 0.6) is 0 Å². The van der Waals surface area contributed by atoms with Crippen molar-refractivity contribution in [2.45, 2.75) is 73.1 Å². The molecule has 0 radical (unpaired) electrons. The number of nitrogens with zero attached hydrogens (tertiary/aromatic N) is 2. The minimum absolute atomic E-state index is 0.123. The Labute approximate surface area is 177 Å². The molecule has 6 atom stereocenters. The maximum absolute atomic E-state index is 13.3. The molecule has 3 fully saturated rings. The van der Waals surface area contributed by atoms with Crippen LogP contribution < -0.4 is 0 Å². The van der Waals surface area contributed by atoms with Gasteiger partial charge in [-0.05, 0) is 76.0 Å². The lowest BCUT2D eigenvalue weighted by Crippen LogP contribution is -2.58. The minimum Gasteiger partial charge on any atom is -0.377 e. The molecule has 1 amide bonds. The number of likely N-dealkylation sites (tertiary alicyclic amines) is 1. The van der Waals surface area contributed by atoms with Crippen LogP contribution in [0.3, 0.4) is 0 Å². The molecule has 1 aliphatic heterocycles. The van der Waals surface area contributed by atoms with Crippen molar-refractivity contribution in [3.8, 4) is 0 Å². The van der Waals surface area contributed by atoms with Gasteiger partial charge in [0.15, 0.2) is 5.78 Å². The van der Waals surface area contributed by atoms with Crippen molar-refractivity contribution in [2.75, 3.05) is 26.7 Å². The molecule has 0 N–H and O–H groups in total. The van der Waals surface area contributed by atoms with E-state index in [1.165, 1.54) is 18.5 Å². The second kappa shape index (κ2) is 7.13. The fourth-order valence-electron chi connectivity index (χ4n) is 8.22. The maximum atomic E-state index is 13.3. The Bertz CT molecular complexity index is 739. The van der Waals surface area contributed by atoms with Gasteiger partial charge >= 0.3 is 0 Å². The van der Waals surface area contributed by atoms with E-state index in [1.54, 1.807) is 0 Å². The van der Waals surface area contributed by atoms with Gasteiger partial charge in [-0.3, -0.25) is 9.59 Å². The van der Waals surface area contributed by atoms with E-state index in [2.05, 4.69) is 44.5 Å². The standard InChI is InChI=1S/C25H40N2O2/c1-7-27(8-2)23(29)20-10-9-18-17-15-26(6)22-16(3)21(28)12-14-25(22,5)19(17)11-13-24(18,20)4/h17-20H,7-15H2,1-6H3/t17-,18-,19-,20+,24-,25+/m0/s1. The topological polar surface area (TPSA) is 40.6 Å². The number of piperidine rings is 1. The average molecular weight is 401 g/mol. The smallest absolute Gasteiger partial charge is 0.226 e. The van der Waals surface area contributed by atoms with Gasteiger partial charge in [0.1, 0.15) is 0 Å². The molecule has 0 aromatic carbocycles. The van der Waals surface area contributed by atoms with Gasteiger partial charge < -0.3 is 9.80 Å². The van der Waals surface area contributed by atoms with Crippen LogP contribution in [-0.2, 0) is 9.59 Å². The van der Waals surface area contributed by atoms with Crippen LogP contribution in [0, 0.1) is 34.5 Å². The molecule has 0 bridgehead atoms. The van der Waals surface area contributed by atoms with Gasteiger partial charge in [0, 0.05) is 55.7 Å². The molecule has 1 heterocycles. The first-order chi connectivity index (χ1) is 13.7. The minimum atomic E-state index is 0.123. The normalized spacial score (nSPS) is 41.7. The second-order valence-corrected chi connectivity index (χ2v) is 10.8. The van der Waals surface area contributed by atoms with E-state index in [0.29, 0.717) is 35.9 Å². The summed E-state index contributed by atoms with van der Waals surface area (Å²) in [6.07, 6.45) is 6.31. The first-order valence-corrected chi connectivity index (χ1v) is 11.9. The number of fused-ring (bicyclic) bond motifs is 5. The third-order valence-electron chi connectivity index (χ3n) is 9.68. The van der Waals surface area contributed by atoms with Crippen LogP contribution in [-0.4, -0.2) is 48.2 Å². The van der Waals surface area contributed by atoms with Crippen molar-refractivity contribution in [2.24, 2.45) is 34.5 Å². The van der Waals surface area contributed by atoms with Gasteiger partial charge in [0.25, 0.3) is 0 Å². The molecular weight excluding hydrogens is 360 g/mol. The number of hydrogen-bond acceptors (Lipinski definition) is 3. The molecule has 4 heteroatoms. The van der Waals surface area contributed by atoms with Crippen molar-refractivity contribution < 1.29 is 9.59 Å². The largest absolute Gasteiger partial charge is 0.377 e. The summed E-state index contributed by atoms with van der Waals surface area (Å²) < 4.78 is 0. The Morgan fingerprint density at radius 1 is 1.10 bits per heavy atom. The molecule has 0 aromatic rings. The lowest BCUT2D eigenvalue weighted by atomic mass is 9.49. The van der Waals surface area contributed by atoms with Crippen LogP contribution in [0.4, 0.5) is 0 Å². The average Bonchev–Trinajstić information content (AvgIpc) is 3.03. The number of rotatable bonds is 3. The molecule has 162 valence electrons. The van der Waals surface area contributed by atoms with Crippen molar-refractivity contribution in [3.05, 3.63) is 11.3 Å². The highest BCUT2D eigenvalue weighted by Crippen LogP contribution is 2.65. The summed E-state index contributed by atoms with van der Waals surface area (Å²) in [4.78, 5) is 30.2. The number of carbonyl (C=O) groups is 2. The van der Waals surface area contributed by atoms with Gasteiger partial charge in [-0.2, -0.15) is 0 Å². The summed E-state index contributed by atoms with van der Waals surface area (Å²) in [7, 11) is 2.20.